The fourth-order valence-corrected chi connectivity index (χ4v) is 3.13. The summed E-state index contributed by atoms with van der Waals surface area (Å²) in [4.78, 5) is 24.0. The lowest BCUT2D eigenvalue weighted by atomic mass is 9.92. The van der Waals surface area contributed by atoms with Crippen molar-refractivity contribution in [2.45, 2.75) is 38.7 Å². The van der Waals surface area contributed by atoms with Crippen LogP contribution in [0.5, 0.6) is 5.75 Å². The molecular weight excluding hydrogens is 330 g/mol. The Labute approximate surface area is 153 Å². The van der Waals surface area contributed by atoms with E-state index in [0.29, 0.717) is 17.0 Å². The molecule has 2 aromatic carbocycles. The lowest BCUT2D eigenvalue weighted by molar-refractivity contribution is -0.122. The Morgan fingerprint density at radius 2 is 1.81 bits per heavy atom. The molecule has 0 aliphatic heterocycles. The summed E-state index contributed by atoms with van der Waals surface area (Å²) in [5, 5.41) is 2.77. The number of amides is 1. The van der Waals surface area contributed by atoms with Crippen molar-refractivity contribution >= 4 is 17.6 Å². The molecule has 5 nitrogen and oxygen atoms in total. The van der Waals surface area contributed by atoms with Crippen LogP contribution in [0.25, 0.3) is 0 Å². The Kier molecular flexibility index (Phi) is 5.56. The summed E-state index contributed by atoms with van der Waals surface area (Å²) >= 11 is 0. The van der Waals surface area contributed by atoms with Gasteiger partial charge in [-0.05, 0) is 74.1 Å². The molecule has 5 heteroatoms. The van der Waals surface area contributed by atoms with Crippen molar-refractivity contribution < 1.29 is 19.1 Å². The van der Waals surface area contributed by atoms with Crippen LogP contribution in [0.3, 0.4) is 0 Å². The first-order chi connectivity index (χ1) is 12.6. The fraction of sp³-hybridized carbons (Fsp3) is 0.333. The second-order valence-electron chi connectivity index (χ2n) is 6.46. The SMILES string of the molecule is COC(=O)c1cccc(NC(=O)[C@@H](C)Oc2ccc3c(c2)CCCC3)c1. The molecule has 0 saturated carbocycles. The number of benzene rings is 2. The molecule has 26 heavy (non-hydrogen) atoms. The van der Waals surface area contributed by atoms with E-state index in [2.05, 4.69) is 11.4 Å². The lowest BCUT2D eigenvalue weighted by Crippen LogP contribution is -2.30. The van der Waals surface area contributed by atoms with E-state index in [1.807, 2.05) is 12.1 Å². The van der Waals surface area contributed by atoms with Crippen LogP contribution in [0.1, 0.15) is 41.3 Å². The molecule has 3 rings (SSSR count). The Hall–Kier alpha value is -2.82. The molecule has 1 atom stereocenters. The van der Waals surface area contributed by atoms with Crippen LogP contribution in [-0.2, 0) is 22.4 Å². The third kappa shape index (κ3) is 4.23. The van der Waals surface area contributed by atoms with E-state index >= 15 is 0 Å². The third-order valence-corrected chi connectivity index (χ3v) is 4.55. The number of fused-ring (bicyclic) bond motifs is 1. The van der Waals surface area contributed by atoms with Gasteiger partial charge in [0, 0.05) is 5.69 Å². The highest BCUT2D eigenvalue weighted by Gasteiger charge is 2.17. The van der Waals surface area contributed by atoms with Gasteiger partial charge < -0.3 is 14.8 Å². The first-order valence-corrected chi connectivity index (χ1v) is 8.84. The summed E-state index contributed by atoms with van der Waals surface area (Å²) in [5.41, 5.74) is 3.60. The predicted molar refractivity (Wildman–Crippen MR) is 99.6 cm³/mol. The van der Waals surface area contributed by atoms with Crippen molar-refractivity contribution in [3.05, 3.63) is 59.2 Å². The predicted octanol–water partition coefficient (Wildman–Crippen LogP) is 3.76. The van der Waals surface area contributed by atoms with Gasteiger partial charge in [0.15, 0.2) is 6.10 Å². The monoisotopic (exact) mass is 353 g/mol. The van der Waals surface area contributed by atoms with Crippen molar-refractivity contribution in [1.29, 1.82) is 0 Å². The zero-order valence-corrected chi connectivity index (χ0v) is 15.1. The molecule has 0 aromatic heterocycles. The highest BCUT2D eigenvalue weighted by Crippen LogP contribution is 2.26. The zero-order chi connectivity index (χ0) is 18.5. The average molecular weight is 353 g/mol. The summed E-state index contributed by atoms with van der Waals surface area (Å²) in [6.45, 7) is 1.71. The molecule has 0 bridgehead atoms. The van der Waals surface area contributed by atoms with Gasteiger partial charge in [-0.3, -0.25) is 4.79 Å². The minimum atomic E-state index is -0.654. The van der Waals surface area contributed by atoms with E-state index in [1.165, 1.54) is 31.1 Å². The maximum atomic E-state index is 12.4. The van der Waals surface area contributed by atoms with Crippen LogP contribution in [0.15, 0.2) is 42.5 Å². The van der Waals surface area contributed by atoms with E-state index in [9.17, 15) is 9.59 Å². The summed E-state index contributed by atoms with van der Waals surface area (Å²) in [6, 6.07) is 12.7. The molecule has 1 N–H and O–H groups in total. The lowest BCUT2D eigenvalue weighted by Gasteiger charge is -2.19. The van der Waals surface area contributed by atoms with Crippen molar-refractivity contribution in [2.75, 3.05) is 12.4 Å². The quantitative estimate of drug-likeness (QED) is 0.832. The molecule has 1 amide bonds. The number of methoxy groups -OCH3 is 1. The Morgan fingerprint density at radius 3 is 2.58 bits per heavy atom. The third-order valence-electron chi connectivity index (χ3n) is 4.55. The topological polar surface area (TPSA) is 64.6 Å². The summed E-state index contributed by atoms with van der Waals surface area (Å²) in [7, 11) is 1.32. The van der Waals surface area contributed by atoms with Gasteiger partial charge in [0.25, 0.3) is 5.91 Å². The Bertz CT molecular complexity index is 815. The van der Waals surface area contributed by atoms with Crippen LogP contribution >= 0.6 is 0 Å². The van der Waals surface area contributed by atoms with Crippen LogP contribution in [0, 0.1) is 0 Å². The Balaban J connectivity index is 1.64. The number of anilines is 1. The van der Waals surface area contributed by atoms with Crippen LogP contribution in [0.4, 0.5) is 5.69 Å². The highest BCUT2D eigenvalue weighted by molar-refractivity contribution is 5.96. The van der Waals surface area contributed by atoms with E-state index < -0.39 is 12.1 Å². The molecule has 1 aliphatic rings. The molecule has 0 heterocycles. The van der Waals surface area contributed by atoms with Gasteiger partial charge in [0.2, 0.25) is 0 Å². The smallest absolute Gasteiger partial charge is 0.337 e. The van der Waals surface area contributed by atoms with Crippen molar-refractivity contribution in [2.24, 2.45) is 0 Å². The number of carbonyl (C=O) groups excluding carboxylic acids is 2. The maximum absolute atomic E-state index is 12.4. The van der Waals surface area contributed by atoms with Gasteiger partial charge in [-0.1, -0.05) is 12.1 Å². The first-order valence-electron chi connectivity index (χ1n) is 8.84. The number of aryl methyl sites for hydroxylation is 2. The van der Waals surface area contributed by atoms with Crippen LogP contribution < -0.4 is 10.1 Å². The molecule has 0 radical (unpaired) electrons. The number of ether oxygens (including phenoxy) is 2. The van der Waals surface area contributed by atoms with E-state index in [-0.39, 0.29) is 5.91 Å². The first kappa shape index (κ1) is 18.0. The average Bonchev–Trinajstić information content (AvgIpc) is 2.67. The minimum absolute atomic E-state index is 0.273. The van der Waals surface area contributed by atoms with Gasteiger partial charge in [0.1, 0.15) is 5.75 Å². The van der Waals surface area contributed by atoms with E-state index in [0.717, 1.165) is 12.8 Å². The van der Waals surface area contributed by atoms with Crippen LogP contribution in [-0.4, -0.2) is 25.1 Å². The molecule has 1 aliphatic carbocycles. The van der Waals surface area contributed by atoms with Crippen LogP contribution in [0.2, 0.25) is 0 Å². The van der Waals surface area contributed by atoms with Gasteiger partial charge in [-0.25, -0.2) is 4.79 Å². The van der Waals surface area contributed by atoms with E-state index in [1.54, 1.807) is 31.2 Å². The summed E-state index contributed by atoms with van der Waals surface area (Å²) < 4.78 is 10.5. The van der Waals surface area contributed by atoms with E-state index in [4.69, 9.17) is 9.47 Å². The molecule has 0 spiro atoms. The highest BCUT2D eigenvalue weighted by atomic mass is 16.5. The number of carbonyl (C=O) groups is 2. The molecule has 0 saturated heterocycles. The molecule has 0 fully saturated rings. The number of hydrogen-bond donors (Lipinski definition) is 1. The molecule has 136 valence electrons. The molecule has 2 aromatic rings. The Morgan fingerprint density at radius 1 is 1.04 bits per heavy atom. The number of hydrogen-bond acceptors (Lipinski definition) is 4. The fourth-order valence-electron chi connectivity index (χ4n) is 3.13. The number of rotatable bonds is 5. The van der Waals surface area contributed by atoms with Gasteiger partial charge in [-0.2, -0.15) is 0 Å². The summed E-state index contributed by atoms with van der Waals surface area (Å²) in [5.74, 6) is -0.0131. The number of esters is 1. The maximum Gasteiger partial charge on any atom is 0.337 e. The zero-order valence-electron chi connectivity index (χ0n) is 15.1. The largest absolute Gasteiger partial charge is 0.481 e. The minimum Gasteiger partial charge on any atom is -0.481 e. The molecular formula is C21H23NO4. The van der Waals surface area contributed by atoms with Crippen molar-refractivity contribution in [1.82, 2.24) is 0 Å². The second kappa shape index (κ2) is 8.04. The van der Waals surface area contributed by atoms with Gasteiger partial charge >= 0.3 is 5.97 Å². The van der Waals surface area contributed by atoms with Crippen molar-refractivity contribution in [3.8, 4) is 5.75 Å². The normalized spacial score (nSPS) is 14.1. The van der Waals surface area contributed by atoms with Crippen molar-refractivity contribution in [3.63, 3.8) is 0 Å². The molecule has 0 unspecified atom stereocenters. The number of nitrogens with one attached hydrogen (secondary N) is 1. The standard InChI is InChI=1S/C21H23NO4/c1-14(26-19-11-10-15-6-3-4-7-16(15)13-19)20(23)22-18-9-5-8-17(12-18)21(24)25-2/h5,8-14H,3-4,6-7H2,1-2H3,(H,22,23)/t14-/m1/s1. The van der Waals surface area contributed by atoms with Gasteiger partial charge in [-0.15, -0.1) is 0 Å². The second-order valence-corrected chi connectivity index (χ2v) is 6.46. The van der Waals surface area contributed by atoms with Gasteiger partial charge in [0.05, 0.1) is 12.7 Å². The summed E-state index contributed by atoms with van der Waals surface area (Å²) in [6.07, 6.45) is 3.95.